The van der Waals surface area contributed by atoms with E-state index in [2.05, 4.69) is 19.9 Å². The topological polar surface area (TPSA) is 81.1 Å². The van der Waals surface area contributed by atoms with Gasteiger partial charge in [-0.1, -0.05) is 6.07 Å². The van der Waals surface area contributed by atoms with Crippen molar-refractivity contribution in [3.05, 3.63) is 65.9 Å². The van der Waals surface area contributed by atoms with Crippen LogP contribution in [0.5, 0.6) is 5.88 Å². The molecule has 0 spiro atoms. The number of nitrogens with zero attached hydrogens (tertiary/aromatic N) is 5. The molecule has 1 aliphatic carbocycles. The second-order valence-corrected chi connectivity index (χ2v) is 8.14. The van der Waals surface area contributed by atoms with Crippen LogP contribution in [0.3, 0.4) is 0 Å². The maximum atomic E-state index is 14.7. The van der Waals surface area contributed by atoms with Gasteiger partial charge in [-0.25, -0.2) is 28.7 Å². The molecule has 2 aliphatic rings. The molecule has 34 heavy (non-hydrogen) atoms. The number of hydrogen-bond acceptors (Lipinski definition) is 6. The van der Waals surface area contributed by atoms with Gasteiger partial charge in [-0.3, -0.25) is 4.79 Å². The molecule has 1 saturated carbocycles. The molecule has 1 aliphatic heterocycles. The fourth-order valence-corrected chi connectivity index (χ4v) is 4.53. The van der Waals surface area contributed by atoms with Crippen LogP contribution in [-0.2, 0) is 6.18 Å². The first-order chi connectivity index (χ1) is 16.2. The molecule has 2 fully saturated rings. The SMILES string of the molecule is O=C(c1cccc(F)c1-c1ncc(F)cn1)N1CC2CC(Oc3cnc(C(F)(F)F)cn3)C1C2. The highest BCUT2D eigenvalue weighted by Crippen LogP contribution is 2.41. The first-order valence-electron chi connectivity index (χ1n) is 10.3. The Morgan fingerprint density at radius 2 is 1.76 bits per heavy atom. The fraction of sp³-hybridized carbons (Fsp3) is 0.318. The predicted molar refractivity (Wildman–Crippen MR) is 106 cm³/mol. The summed E-state index contributed by atoms with van der Waals surface area (Å²) in [5, 5.41) is 0. The highest BCUT2D eigenvalue weighted by atomic mass is 19.4. The Kier molecular flexibility index (Phi) is 5.37. The first kappa shape index (κ1) is 22.1. The number of fused-ring (bicyclic) bond motifs is 2. The molecule has 3 unspecified atom stereocenters. The van der Waals surface area contributed by atoms with E-state index >= 15 is 0 Å². The lowest BCUT2D eigenvalue weighted by molar-refractivity contribution is -0.141. The number of hydrogen-bond donors (Lipinski definition) is 0. The number of halogens is 5. The number of aromatic nitrogens is 4. The third-order valence-electron chi connectivity index (χ3n) is 5.96. The zero-order chi connectivity index (χ0) is 24.0. The summed E-state index contributed by atoms with van der Waals surface area (Å²) in [6.07, 6.45) is -0.641. The molecule has 5 rings (SSSR count). The van der Waals surface area contributed by atoms with Gasteiger partial charge in [0.05, 0.1) is 42.0 Å². The van der Waals surface area contributed by atoms with Crippen molar-refractivity contribution in [1.82, 2.24) is 24.8 Å². The van der Waals surface area contributed by atoms with E-state index in [4.69, 9.17) is 4.74 Å². The Bertz CT molecular complexity index is 1220. The van der Waals surface area contributed by atoms with Gasteiger partial charge in [-0.2, -0.15) is 13.2 Å². The van der Waals surface area contributed by atoms with E-state index in [0.29, 0.717) is 25.6 Å². The number of rotatable bonds is 4. The standard InChI is InChI=1S/C22H16F5N5O2/c23-12-6-30-20(31-7-12)19-13(2-1-3-14(19)24)21(33)32-10-11-4-15(32)16(5-11)34-18-9-28-17(8-29-18)22(25,26)27/h1-3,6-9,11,15-16H,4-5,10H2. The summed E-state index contributed by atoms with van der Waals surface area (Å²) in [7, 11) is 0. The van der Waals surface area contributed by atoms with Crippen molar-refractivity contribution in [3.63, 3.8) is 0 Å². The predicted octanol–water partition coefficient (Wildman–Crippen LogP) is 3.91. The molecule has 3 atom stereocenters. The number of benzene rings is 1. The second-order valence-electron chi connectivity index (χ2n) is 8.14. The molecule has 0 N–H and O–H groups in total. The zero-order valence-electron chi connectivity index (χ0n) is 17.3. The van der Waals surface area contributed by atoms with Gasteiger partial charge in [0.1, 0.15) is 11.9 Å². The van der Waals surface area contributed by atoms with E-state index in [0.717, 1.165) is 24.7 Å². The summed E-state index contributed by atoms with van der Waals surface area (Å²) in [6.45, 7) is 0.419. The maximum absolute atomic E-state index is 14.7. The van der Waals surface area contributed by atoms with E-state index < -0.39 is 35.5 Å². The van der Waals surface area contributed by atoms with E-state index in [1.807, 2.05) is 0 Å². The Labute approximate surface area is 189 Å². The van der Waals surface area contributed by atoms with Crippen LogP contribution < -0.4 is 4.74 Å². The van der Waals surface area contributed by atoms with Crippen molar-refractivity contribution in [2.24, 2.45) is 5.92 Å². The Morgan fingerprint density at radius 3 is 2.41 bits per heavy atom. The summed E-state index contributed by atoms with van der Waals surface area (Å²) in [4.78, 5) is 29.6. The van der Waals surface area contributed by atoms with Crippen LogP contribution in [0.2, 0.25) is 0 Å². The summed E-state index contributed by atoms with van der Waals surface area (Å²) in [5.74, 6) is -1.99. The minimum Gasteiger partial charge on any atom is -0.471 e. The van der Waals surface area contributed by atoms with Gasteiger partial charge in [-0.05, 0) is 30.9 Å². The minimum atomic E-state index is -4.61. The molecule has 2 bridgehead atoms. The van der Waals surface area contributed by atoms with Crippen molar-refractivity contribution in [2.45, 2.75) is 31.2 Å². The van der Waals surface area contributed by atoms with Crippen LogP contribution in [0, 0.1) is 17.6 Å². The van der Waals surface area contributed by atoms with E-state index in [1.54, 1.807) is 4.90 Å². The van der Waals surface area contributed by atoms with E-state index in [1.165, 1.54) is 12.1 Å². The molecular formula is C22H16F5N5O2. The highest BCUT2D eigenvalue weighted by molar-refractivity contribution is 6.00. The Morgan fingerprint density at radius 1 is 1.00 bits per heavy atom. The third-order valence-corrected chi connectivity index (χ3v) is 5.96. The van der Waals surface area contributed by atoms with Gasteiger partial charge in [0.25, 0.3) is 5.91 Å². The van der Waals surface area contributed by atoms with Crippen molar-refractivity contribution >= 4 is 5.91 Å². The molecule has 7 nitrogen and oxygen atoms in total. The number of carbonyl (C=O) groups is 1. The van der Waals surface area contributed by atoms with Gasteiger partial charge in [0.2, 0.25) is 5.88 Å². The lowest BCUT2D eigenvalue weighted by Crippen LogP contribution is -2.47. The quantitative estimate of drug-likeness (QED) is 0.530. The fourth-order valence-electron chi connectivity index (χ4n) is 4.53. The minimum absolute atomic E-state index is 0.0206. The molecule has 1 amide bonds. The van der Waals surface area contributed by atoms with Crippen LogP contribution in [0.1, 0.15) is 28.9 Å². The largest absolute Gasteiger partial charge is 0.471 e. The highest BCUT2D eigenvalue weighted by Gasteiger charge is 2.49. The number of amides is 1. The Hall–Kier alpha value is -3.70. The third kappa shape index (κ3) is 4.03. The lowest BCUT2D eigenvalue weighted by Gasteiger charge is -2.33. The molecule has 3 aromatic rings. The average Bonchev–Trinajstić information content (AvgIpc) is 3.40. The molecule has 176 valence electrons. The smallest absolute Gasteiger partial charge is 0.434 e. The average molecular weight is 477 g/mol. The summed E-state index contributed by atoms with van der Waals surface area (Å²) < 4.78 is 71.8. The van der Waals surface area contributed by atoms with Gasteiger partial charge < -0.3 is 9.64 Å². The normalized spacial score (nSPS) is 21.7. The molecule has 2 aromatic heterocycles. The number of carbonyl (C=O) groups excluding carboxylic acids is 1. The van der Waals surface area contributed by atoms with Gasteiger partial charge in [0, 0.05) is 6.54 Å². The van der Waals surface area contributed by atoms with Crippen LogP contribution in [0.4, 0.5) is 22.0 Å². The monoisotopic (exact) mass is 477 g/mol. The van der Waals surface area contributed by atoms with Crippen LogP contribution in [-0.4, -0.2) is 49.4 Å². The van der Waals surface area contributed by atoms with Gasteiger partial charge >= 0.3 is 6.18 Å². The molecule has 0 radical (unpaired) electrons. The van der Waals surface area contributed by atoms with Crippen molar-refractivity contribution in [2.75, 3.05) is 6.54 Å². The van der Waals surface area contributed by atoms with Crippen LogP contribution >= 0.6 is 0 Å². The lowest BCUT2D eigenvalue weighted by atomic mass is 10.0. The second kappa shape index (κ2) is 8.26. The maximum Gasteiger partial charge on any atom is 0.434 e. The number of ether oxygens (including phenoxy) is 1. The van der Waals surface area contributed by atoms with Crippen molar-refractivity contribution < 1.29 is 31.5 Å². The zero-order valence-corrected chi connectivity index (χ0v) is 17.3. The van der Waals surface area contributed by atoms with Crippen LogP contribution in [0.15, 0.2) is 43.0 Å². The number of alkyl halides is 3. The molecular weight excluding hydrogens is 461 g/mol. The van der Waals surface area contributed by atoms with Gasteiger partial charge in [-0.15, -0.1) is 0 Å². The van der Waals surface area contributed by atoms with Gasteiger partial charge in [0.15, 0.2) is 17.3 Å². The molecule has 12 heteroatoms. The molecule has 1 aromatic carbocycles. The van der Waals surface area contributed by atoms with E-state index in [-0.39, 0.29) is 34.8 Å². The first-order valence-corrected chi connectivity index (χ1v) is 10.3. The van der Waals surface area contributed by atoms with Crippen LogP contribution in [0.25, 0.3) is 11.4 Å². The summed E-state index contributed by atoms with van der Waals surface area (Å²) in [6, 6.07) is 3.60. The van der Waals surface area contributed by atoms with E-state index in [9.17, 15) is 26.7 Å². The van der Waals surface area contributed by atoms with Crippen molar-refractivity contribution in [1.29, 1.82) is 0 Å². The molecule has 3 heterocycles. The number of piperidine rings is 1. The molecule has 1 saturated heterocycles. The summed E-state index contributed by atoms with van der Waals surface area (Å²) in [5.41, 5.74) is -1.25. The Balaban J connectivity index is 1.38. The number of likely N-dealkylation sites (tertiary alicyclic amines) is 1. The van der Waals surface area contributed by atoms with Crippen molar-refractivity contribution in [3.8, 4) is 17.3 Å². The summed E-state index contributed by atoms with van der Waals surface area (Å²) >= 11 is 0.